The van der Waals surface area contributed by atoms with Crippen molar-refractivity contribution in [3.63, 3.8) is 0 Å². The first-order valence-corrected chi connectivity index (χ1v) is 9.49. The van der Waals surface area contributed by atoms with Gasteiger partial charge in [-0.15, -0.1) is 0 Å². The highest BCUT2D eigenvalue weighted by atomic mass is 79.9. The van der Waals surface area contributed by atoms with E-state index >= 15 is 0 Å². The molecule has 0 saturated carbocycles. The van der Waals surface area contributed by atoms with E-state index in [4.69, 9.17) is 0 Å². The van der Waals surface area contributed by atoms with Crippen LogP contribution >= 0.6 is 21.3 Å². The summed E-state index contributed by atoms with van der Waals surface area (Å²) in [6.45, 7) is 4.35. The predicted octanol–water partition coefficient (Wildman–Crippen LogP) is 5.04. The Kier molecular flexibility index (Phi) is 8.49. The smallest absolute Gasteiger partial charge is 0.148 e. The summed E-state index contributed by atoms with van der Waals surface area (Å²) in [5, 5.41) is 0. The van der Waals surface area contributed by atoms with Gasteiger partial charge in [-0.3, -0.25) is 0 Å². The van der Waals surface area contributed by atoms with E-state index in [1.165, 1.54) is 25.7 Å². The minimum absolute atomic E-state index is 0.893. The van der Waals surface area contributed by atoms with Gasteiger partial charge in [0.2, 0.25) is 0 Å². The molecule has 0 heterocycles. The average molecular weight is 269 g/mol. The van der Waals surface area contributed by atoms with Crippen molar-refractivity contribution in [2.24, 2.45) is 0 Å². The van der Waals surface area contributed by atoms with E-state index in [0.29, 0.717) is 0 Å². The molecule has 1 nitrogen and oxygen atoms in total. The Labute approximate surface area is 90.8 Å². The molecule has 0 aliphatic heterocycles. The maximum Gasteiger partial charge on any atom is 0.148 e. The number of unbranched alkanes of at least 4 members (excludes halogenated alkanes) is 4. The van der Waals surface area contributed by atoms with Gasteiger partial charge >= 0.3 is 0 Å². The molecule has 0 aliphatic rings. The fraction of sp³-hybridized carbons (Fsp3) is 1.00. The van der Waals surface area contributed by atoms with Crippen LogP contribution in [0.2, 0.25) is 0 Å². The molecule has 0 N–H and O–H groups in total. The second-order valence-electron chi connectivity index (χ2n) is 3.65. The molecule has 0 radical (unpaired) electrons. The van der Waals surface area contributed by atoms with Crippen molar-refractivity contribution in [1.82, 2.24) is 0 Å². The lowest BCUT2D eigenvalue weighted by Gasteiger charge is -2.09. The average Bonchev–Trinajstić information content (AvgIpc) is 2.05. The number of hydrogen-bond donors (Lipinski definition) is 0. The summed E-state index contributed by atoms with van der Waals surface area (Å²) >= 11 is 3.40. The van der Waals surface area contributed by atoms with Crippen LogP contribution < -0.4 is 0 Å². The molecule has 0 amide bonds. The van der Waals surface area contributed by atoms with Crippen LogP contribution in [0.3, 0.4) is 0 Å². The Hall–Kier alpha value is 0.710. The first-order chi connectivity index (χ1) is 6.12. The van der Waals surface area contributed by atoms with Gasteiger partial charge in [0, 0.05) is 12.3 Å². The van der Waals surface area contributed by atoms with Crippen molar-refractivity contribution in [3.05, 3.63) is 0 Å². The second-order valence-corrected chi connectivity index (χ2v) is 10.0. The van der Waals surface area contributed by atoms with Gasteiger partial charge in [-0.05, 0) is 28.3 Å². The van der Waals surface area contributed by atoms with E-state index in [0.717, 1.165) is 25.2 Å². The van der Waals surface area contributed by atoms with Crippen LogP contribution in [0.5, 0.6) is 0 Å². The molecule has 13 heavy (non-hydrogen) atoms. The van der Waals surface area contributed by atoms with Gasteiger partial charge in [-0.1, -0.05) is 39.5 Å². The molecule has 0 fully saturated rings. The number of rotatable bonds is 8. The van der Waals surface area contributed by atoms with Crippen LogP contribution in [0.25, 0.3) is 0 Å². The topological polar surface area (TPSA) is 17.1 Å². The van der Waals surface area contributed by atoms with Crippen molar-refractivity contribution in [1.29, 1.82) is 0 Å². The van der Waals surface area contributed by atoms with Gasteiger partial charge in [0.1, 0.15) is 5.84 Å². The van der Waals surface area contributed by atoms with Crippen molar-refractivity contribution in [2.75, 3.05) is 12.3 Å². The summed E-state index contributed by atoms with van der Waals surface area (Å²) in [4.78, 5) is 0. The van der Waals surface area contributed by atoms with Gasteiger partial charge in [-0.2, -0.15) is 0 Å². The molecule has 0 aromatic rings. The Bertz CT molecular complexity index is 145. The normalized spacial score (nSPS) is 11.9. The second kappa shape index (κ2) is 8.05. The van der Waals surface area contributed by atoms with E-state index in [-0.39, 0.29) is 0 Å². The van der Waals surface area contributed by atoms with Crippen molar-refractivity contribution < 1.29 is 4.57 Å². The lowest BCUT2D eigenvalue weighted by Crippen LogP contribution is -1.90. The summed E-state index contributed by atoms with van der Waals surface area (Å²) in [7, 11) is 0. The molecule has 0 aromatic heterocycles. The van der Waals surface area contributed by atoms with E-state index in [9.17, 15) is 4.57 Å². The molecular formula is C10H22BrOP. The summed E-state index contributed by atoms with van der Waals surface area (Å²) in [6, 6.07) is 0. The summed E-state index contributed by atoms with van der Waals surface area (Å²) < 4.78 is 11.9. The molecular weight excluding hydrogens is 247 g/mol. The molecule has 0 aliphatic carbocycles. The first kappa shape index (κ1) is 13.7. The highest BCUT2D eigenvalue weighted by Crippen LogP contribution is 2.55. The molecule has 0 rings (SSSR count). The van der Waals surface area contributed by atoms with E-state index in [1.54, 1.807) is 0 Å². The Morgan fingerprint density at radius 2 is 1.31 bits per heavy atom. The third kappa shape index (κ3) is 9.02. The summed E-state index contributed by atoms with van der Waals surface area (Å²) in [6.07, 6.45) is 8.86. The van der Waals surface area contributed by atoms with Crippen molar-refractivity contribution in [2.45, 2.75) is 52.4 Å². The van der Waals surface area contributed by atoms with Gasteiger partial charge in [-0.25, -0.2) is 0 Å². The Morgan fingerprint density at radius 1 is 0.923 bits per heavy atom. The van der Waals surface area contributed by atoms with Crippen LogP contribution in [0.1, 0.15) is 52.4 Å². The van der Waals surface area contributed by atoms with Crippen LogP contribution in [-0.2, 0) is 4.57 Å². The molecule has 0 unspecified atom stereocenters. The monoisotopic (exact) mass is 268 g/mol. The van der Waals surface area contributed by atoms with E-state index < -0.39 is 5.84 Å². The van der Waals surface area contributed by atoms with Gasteiger partial charge in [0.15, 0.2) is 0 Å². The largest absolute Gasteiger partial charge is 0.312 e. The van der Waals surface area contributed by atoms with E-state index in [2.05, 4.69) is 29.3 Å². The Balaban J connectivity index is 3.49. The maximum absolute atomic E-state index is 11.9. The molecule has 0 spiro atoms. The zero-order chi connectivity index (χ0) is 10.2. The molecule has 80 valence electrons. The van der Waals surface area contributed by atoms with Crippen LogP contribution in [0.4, 0.5) is 0 Å². The third-order valence-electron chi connectivity index (χ3n) is 2.19. The highest BCUT2D eigenvalue weighted by Gasteiger charge is 2.15. The number of halogens is 1. The fourth-order valence-electron chi connectivity index (χ4n) is 1.31. The maximum atomic E-state index is 11.9. The molecule has 0 aromatic carbocycles. The molecule has 0 bridgehead atoms. The van der Waals surface area contributed by atoms with Gasteiger partial charge in [0.25, 0.3) is 0 Å². The van der Waals surface area contributed by atoms with Crippen LogP contribution in [0.15, 0.2) is 0 Å². The molecule has 3 heteroatoms. The highest BCUT2D eigenvalue weighted by molar-refractivity contribution is 9.40. The zero-order valence-corrected chi connectivity index (χ0v) is 11.4. The van der Waals surface area contributed by atoms with Crippen LogP contribution in [0, 0.1) is 0 Å². The lowest BCUT2D eigenvalue weighted by molar-refractivity contribution is 0.579. The third-order valence-corrected chi connectivity index (χ3v) is 6.29. The predicted molar refractivity (Wildman–Crippen MR) is 65.3 cm³/mol. The zero-order valence-electron chi connectivity index (χ0n) is 8.89. The standard InChI is InChI=1S/C10H22BrOP/c1-3-5-7-9-13(11,12)10-8-6-4-2/h3-10H2,1-2H3. The Morgan fingerprint density at radius 3 is 1.62 bits per heavy atom. The lowest BCUT2D eigenvalue weighted by atomic mass is 10.3. The van der Waals surface area contributed by atoms with Gasteiger partial charge < -0.3 is 4.57 Å². The minimum atomic E-state index is -1.94. The minimum Gasteiger partial charge on any atom is -0.312 e. The van der Waals surface area contributed by atoms with Crippen molar-refractivity contribution in [3.8, 4) is 0 Å². The van der Waals surface area contributed by atoms with Crippen molar-refractivity contribution >= 4 is 21.3 Å². The first-order valence-electron chi connectivity index (χ1n) is 5.40. The SMILES string of the molecule is CCCCCP(=O)(Br)CCCCC. The molecule has 0 atom stereocenters. The number of hydrogen-bond acceptors (Lipinski definition) is 1. The fourth-order valence-corrected chi connectivity index (χ4v) is 4.43. The van der Waals surface area contributed by atoms with Gasteiger partial charge in [0.05, 0.1) is 0 Å². The van der Waals surface area contributed by atoms with E-state index in [1.807, 2.05) is 0 Å². The summed E-state index contributed by atoms with van der Waals surface area (Å²) in [5.41, 5.74) is 0. The van der Waals surface area contributed by atoms with Crippen LogP contribution in [-0.4, -0.2) is 12.3 Å². The summed E-state index contributed by atoms with van der Waals surface area (Å²) in [5.74, 6) is -1.94. The quantitative estimate of drug-likeness (QED) is 0.445. The molecule has 0 saturated heterocycles.